The fraction of sp³-hybridized carbons (Fsp3) is 0.120. The average molecular weight is 383 g/mol. The van der Waals surface area contributed by atoms with Crippen LogP contribution >= 0.6 is 0 Å². The van der Waals surface area contributed by atoms with Crippen LogP contribution < -0.4 is 4.74 Å². The van der Waals surface area contributed by atoms with Crippen LogP contribution in [-0.4, -0.2) is 16.3 Å². The topological polar surface area (TPSA) is 48.3 Å². The van der Waals surface area contributed by atoms with Crippen molar-refractivity contribution in [2.75, 3.05) is 0 Å². The third kappa shape index (κ3) is 3.97. The molecule has 0 saturated heterocycles. The van der Waals surface area contributed by atoms with E-state index in [1.807, 2.05) is 83.6 Å². The number of benzene rings is 3. The lowest BCUT2D eigenvalue weighted by molar-refractivity contribution is -0.134. The zero-order chi connectivity index (χ0) is 20.2. The zero-order valence-corrected chi connectivity index (χ0v) is 16.2. The van der Waals surface area contributed by atoms with Crippen molar-refractivity contribution in [3.8, 4) is 5.75 Å². The second kappa shape index (κ2) is 8.15. The fourth-order valence-corrected chi connectivity index (χ4v) is 3.38. The van der Waals surface area contributed by atoms with Crippen molar-refractivity contribution >= 4 is 22.7 Å². The highest BCUT2D eigenvalue weighted by Crippen LogP contribution is 2.28. The Bertz CT molecular complexity index is 1160. The molecule has 0 aliphatic carbocycles. The SMILES string of the molecule is CCC(=O)Oc1ccc2c(C(=O)c3ccccc3)cn(Cc3ccccc3)c2c1. The number of nitrogens with zero attached hydrogens (tertiary/aromatic N) is 1. The number of hydrogen-bond acceptors (Lipinski definition) is 3. The highest BCUT2D eigenvalue weighted by atomic mass is 16.5. The van der Waals surface area contributed by atoms with Gasteiger partial charge in [-0.05, 0) is 17.7 Å². The molecule has 0 unspecified atom stereocenters. The van der Waals surface area contributed by atoms with Crippen LogP contribution in [0.1, 0.15) is 34.8 Å². The molecule has 0 spiro atoms. The molecule has 0 aliphatic rings. The van der Waals surface area contributed by atoms with E-state index in [0.717, 1.165) is 16.5 Å². The van der Waals surface area contributed by atoms with Gasteiger partial charge in [0.15, 0.2) is 5.78 Å². The first-order valence-electron chi connectivity index (χ1n) is 9.63. The molecule has 4 nitrogen and oxygen atoms in total. The molecule has 0 amide bonds. The van der Waals surface area contributed by atoms with Crippen LogP contribution in [0.2, 0.25) is 0 Å². The van der Waals surface area contributed by atoms with Crippen LogP contribution in [-0.2, 0) is 11.3 Å². The van der Waals surface area contributed by atoms with E-state index >= 15 is 0 Å². The molecule has 0 bridgehead atoms. The van der Waals surface area contributed by atoms with Crippen molar-refractivity contribution in [1.82, 2.24) is 4.57 Å². The number of hydrogen-bond donors (Lipinski definition) is 0. The normalized spacial score (nSPS) is 10.8. The Morgan fingerprint density at radius 2 is 1.59 bits per heavy atom. The van der Waals surface area contributed by atoms with E-state index in [0.29, 0.717) is 29.8 Å². The van der Waals surface area contributed by atoms with Gasteiger partial charge in [-0.25, -0.2) is 0 Å². The van der Waals surface area contributed by atoms with Gasteiger partial charge >= 0.3 is 5.97 Å². The smallest absolute Gasteiger partial charge is 0.310 e. The lowest BCUT2D eigenvalue weighted by atomic mass is 10.0. The molecular formula is C25H21NO3. The third-order valence-electron chi connectivity index (χ3n) is 4.85. The fourth-order valence-electron chi connectivity index (χ4n) is 3.38. The molecule has 0 atom stereocenters. The summed E-state index contributed by atoms with van der Waals surface area (Å²) in [5.41, 5.74) is 3.26. The van der Waals surface area contributed by atoms with Gasteiger partial charge in [0.2, 0.25) is 0 Å². The Balaban J connectivity index is 1.81. The Morgan fingerprint density at radius 3 is 2.28 bits per heavy atom. The summed E-state index contributed by atoms with van der Waals surface area (Å²) in [5, 5.41) is 0.839. The van der Waals surface area contributed by atoms with E-state index in [1.54, 1.807) is 13.0 Å². The van der Waals surface area contributed by atoms with Gasteiger partial charge in [0.05, 0.1) is 5.52 Å². The van der Waals surface area contributed by atoms with E-state index in [4.69, 9.17) is 4.74 Å². The summed E-state index contributed by atoms with van der Waals surface area (Å²) in [7, 11) is 0. The Hall–Kier alpha value is -3.66. The maximum Gasteiger partial charge on any atom is 0.310 e. The van der Waals surface area contributed by atoms with Crippen molar-refractivity contribution in [2.24, 2.45) is 0 Å². The second-order valence-corrected chi connectivity index (χ2v) is 6.86. The van der Waals surface area contributed by atoms with Crippen molar-refractivity contribution in [1.29, 1.82) is 0 Å². The molecule has 29 heavy (non-hydrogen) atoms. The molecule has 4 rings (SSSR count). The molecule has 0 aliphatic heterocycles. The average Bonchev–Trinajstić information content (AvgIpc) is 3.12. The van der Waals surface area contributed by atoms with E-state index in [1.165, 1.54) is 0 Å². The standard InChI is InChI=1S/C25H21NO3/c1-2-24(27)29-20-13-14-21-22(25(28)19-11-7-4-8-12-19)17-26(23(21)15-20)16-18-9-5-3-6-10-18/h3-15,17H,2,16H2,1H3. The largest absolute Gasteiger partial charge is 0.426 e. The minimum absolute atomic E-state index is 0.0271. The van der Waals surface area contributed by atoms with Gasteiger partial charge in [0, 0.05) is 41.7 Å². The number of ether oxygens (including phenoxy) is 1. The van der Waals surface area contributed by atoms with Gasteiger partial charge in [0.1, 0.15) is 5.75 Å². The Kier molecular flexibility index (Phi) is 5.25. The summed E-state index contributed by atoms with van der Waals surface area (Å²) in [6, 6.07) is 24.7. The van der Waals surface area contributed by atoms with E-state index in [2.05, 4.69) is 0 Å². The zero-order valence-electron chi connectivity index (χ0n) is 16.2. The number of ketones is 1. The maximum atomic E-state index is 13.1. The third-order valence-corrected chi connectivity index (χ3v) is 4.85. The van der Waals surface area contributed by atoms with Gasteiger partial charge in [-0.2, -0.15) is 0 Å². The lowest BCUT2D eigenvalue weighted by Gasteiger charge is -2.07. The highest BCUT2D eigenvalue weighted by molar-refractivity contribution is 6.16. The van der Waals surface area contributed by atoms with Crippen molar-refractivity contribution < 1.29 is 14.3 Å². The number of fused-ring (bicyclic) bond motifs is 1. The molecule has 0 radical (unpaired) electrons. The van der Waals surface area contributed by atoms with Crippen LogP contribution in [0.5, 0.6) is 5.75 Å². The first kappa shape index (κ1) is 18.7. The summed E-state index contributed by atoms with van der Waals surface area (Å²) in [5.74, 6) is 0.169. The monoisotopic (exact) mass is 383 g/mol. The van der Waals surface area contributed by atoms with Crippen molar-refractivity contribution in [2.45, 2.75) is 19.9 Å². The van der Waals surface area contributed by atoms with E-state index < -0.39 is 0 Å². The number of rotatable bonds is 6. The predicted octanol–water partition coefficient (Wildman–Crippen LogP) is 5.24. The molecule has 4 heteroatoms. The number of esters is 1. The molecule has 144 valence electrons. The van der Waals surface area contributed by atoms with Crippen LogP contribution in [0.25, 0.3) is 10.9 Å². The Labute approximate surface area is 169 Å². The summed E-state index contributed by atoms with van der Waals surface area (Å²) in [4.78, 5) is 24.8. The van der Waals surface area contributed by atoms with Gasteiger partial charge in [0.25, 0.3) is 0 Å². The summed E-state index contributed by atoms with van der Waals surface area (Å²) >= 11 is 0. The first-order chi connectivity index (χ1) is 14.2. The molecular weight excluding hydrogens is 362 g/mol. The minimum atomic E-state index is -0.286. The molecule has 0 fully saturated rings. The summed E-state index contributed by atoms with van der Waals surface area (Å²) in [6.45, 7) is 2.38. The van der Waals surface area contributed by atoms with Crippen LogP contribution in [0.15, 0.2) is 85.1 Å². The quantitative estimate of drug-likeness (QED) is 0.260. The predicted molar refractivity (Wildman–Crippen MR) is 113 cm³/mol. The molecule has 0 saturated carbocycles. The molecule has 1 aromatic heterocycles. The second-order valence-electron chi connectivity index (χ2n) is 6.86. The van der Waals surface area contributed by atoms with Gasteiger partial charge in [-0.1, -0.05) is 67.6 Å². The number of aromatic nitrogens is 1. The van der Waals surface area contributed by atoms with Crippen LogP contribution in [0.4, 0.5) is 0 Å². The van der Waals surface area contributed by atoms with E-state index in [9.17, 15) is 9.59 Å². The molecule has 4 aromatic rings. The minimum Gasteiger partial charge on any atom is -0.426 e. The molecule has 0 N–H and O–H groups in total. The number of carbonyl (C=O) groups excluding carboxylic acids is 2. The van der Waals surface area contributed by atoms with Gasteiger partial charge < -0.3 is 9.30 Å². The Morgan fingerprint density at radius 1 is 0.897 bits per heavy atom. The molecule has 3 aromatic carbocycles. The van der Waals surface area contributed by atoms with E-state index in [-0.39, 0.29) is 11.8 Å². The summed E-state index contributed by atoms with van der Waals surface area (Å²) in [6.07, 6.45) is 2.19. The first-order valence-corrected chi connectivity index (χ1v) is 9.63. The lowest BCUT2D eigenvalue weighted by Crippen LogP contribution is -2.05. The summed E-state index contributed by atoms with van der Waals surface area (Å²) < 4.78 is 7.43. The highest BCUT2D eigenvalue weighted by Gasteiger charge is 2.18. The van der Waals surface area contributed by atoms with Gasteiger partial charge in [-0.15, -0.1) is 0 Å². The van der Waals surface area contributed by atoms with Crippen molar-refractivity contribution in [3.05, 3.63) is 102 Å². The maximum absolute atomic E-state index is 13.1. The molecule has 1 heterocycles. The van der Waals surface area contributed by atoms with Crippen molar-refractivity contribution in [3.63, 3.8) is 0 Å². The van der Waals surface area contributed by atoms with Crippen LogP contribution in [0, 0.1) is 0 Å². The van der Waals surface area contributed by atoms with Gasteiger partial charge in [-0.3, -0.25) is 9.59 Å². The number of carbonyl (C=O) groups is 2. The van der Waals surface area contributed by atoms with Crippen LogP contribution in [0.3, 0.4) is 0 Å².